The molecule has 0 saturated carbocycles. The first-order valence-electron chi connectivity index (χ1n) is 6.74. The van der Waals surface area contributed by atoms with E-state index in [0.717, 1.165) is 29.3 Å². The van der Waals surface area contributed by atoms with Crippen molar-refractivity contribution in [3.05, 3.63) is 53.3 Å². The van der Waals surface area contributed by atoms with E-state index in [1.54, 1.807) is 19.3 Å². The normalized spacial score (nSPS) is 11.7. The fourth-order valence-corrected chi connectivity index (χ4v) is 2.16. The predicted octanol–water partition coefficient (Wildman–Crippen LogP) is 4.19. The van der Waals surface area contributed by atoms with E-state index in [1.807, 2.05) is 13.0 Å². The molecule has 5 heteroatoms. The third kappa shape index (κ3) is 3.82. The number of pyridine rings is 1. The summed E-state index contributed by atoms with van der Waals surface area (Å²) in [6.07, 6.45) is -0.884. The second kappa shape index (κ2) is 6.26. The minimum absolute atomic E-state index is 0.590. The topological polar surface area (TPSA) is 24.9 Å². The van der Waals surface area contributed by atoms with Crippen LogP contribution in [0.2, 0.25) is 0 Å². The lowest BCUT2D eigenvalue weighted by Gasteiger charge is -2.12. The standard InChI is InChI=1S/C16H17F3N2/c1-3-20-8-12-7-13(10-21-9-12)15-5-4-14(6-11(15)2)16(17,18)19/h4-7,9-10,20H,3,8H2,1-2H3. The Bertz CT molecular complexity index is 621. The Morgan fingerprint density at radius 3 is 2.52 bits per heavy atom. The molecular weight excluding hydrogens is 277 g/mol. The van der Waals surface area contributed by atoms with Crippen molar-refractivity contribution >= 4 is 0 Å². The molecule has 0 amide bonds. The zero-order valence-corrected chi connectivity index (χ0v) is 12.0. The molecule has 2 rings (SSSR count). The second-order valence-corrected chi connectivity index (χ2v) is 4.89. The van der Waals surface area contributed by atoms with Gasteiger partial charge in [0, 0.05) is 24.5 Å². The van der Waals surface area contributed by atoms with Crippen LogP contribution in [-0.4, -0.2) is 11.5 Å². The molecule has 1 aromatic heterocycles. The zero-order valence-electron chi connectivity index (χ0n) is 12.0. The summed E-state index contributed by atoms with van der Waals surface area (Å²) in [6.45, 7) is 5.24. The Morgan fingerprint density at radius 2 is 1.90 bits per heavy atom. The lowest BCUT2D eigenvalue weighted by atomic mass is 9.98. The first kappa shape index (κ1) is 15.5. The van der Waals surface area contributed by atoms with Gasteiger partial charge in [-0.2, -0.15) is 13.2 Å². The molecule has 1 heterocycles. The molecule has 0 unspecified atom stereocenters. The number of halogens is 3. The molecule has 1 N–H and O–H groups in total. The summed E-state index contributed by atoms with van der Waals surface area (Å²) in [5.41, 5.74) is 2.58. The Hall–Kier alpha value is -1.88. The molecular formula is C16H17F3N2. The second-order valence-electron chi connectivity index (χ2n) is 4.89. The fraction of sp³-hybridized carbons (Fsp3) is 0.312. The highest BCUT2D eigenvalue weighted by Gasteiger charge is 2.30. The lowest BCUT2D eigenvalue weighted by molar-refractivity contribution is -0.137. The minimum Gasteiger partial charge on any atom is -0.313 e. The summed E-state index contributed by atoms with van der Waals surface area (Å²) in [7, 11) is 0. The van der Waals surface area contributed by atoms with Gasteiger partial charge in [0.2, 0.25) is 0 Å². The van der Waals surface area contributed by atoms with Gasteiger partial charge in [-0.1, -0.05) is 13.0 Å². The Morgan fingerprint density at radius 1 is 1.14 bits per heavy atom. The van der Waals surface area contributed by atoms with Crippen LogP contribution in [0.3, 0.4) is 0 Å². The van der Waals surface area contributed by atoms with Crippen molar-refractivity contribution in [1.82, 2.24) is 10.3 Å². The largest absolute Gasteiger partial charge is 0.416 e. The molecule has 0 fully saturated rings. The molecule has 2 nitrogen and oxygen atoms in total. The molecule has 0 radical (unpaired) electrons. The number of aromatic nitrogens is 1. The van der Waals surface area contributed by atoms with Crippen LogP contribution in [-0.2, 0) is 12.7 Å². The van der Waals surface area contributed by atoms with Gasteiger partial charge in [-0.05, 0) is 48.4 Å². The van der Waals surface area contributed by atoms with Crippen molar-refractivity contribution in [2.75, 3.05) is 6.54 Å². The molecule has 0 atom stereocenters. The fourth-order valence-electron chi connectivity index (χ4n) is 2.16. The van der Waals surface area contributed by atoms with E-state index in [1.165, 1.54) is 12.1 Å². The summed E-state index contributed by atoms with van der Waals surface area (Å²) >= 11 is 0. The first-order valence-corrected chi connectivity index (χ1v) is 6.74. The molecule has 0 bridgehead atoms. The van der Waals surface area contributed by atoms with Gasteiger partial charge in [-0.15, -0.1) is 0 Å². The Balaban J connectivity index is 2.34. The average molecular weight is 294 g/mol. The lowest BCUT2D eigenvalue weighted by Crippen LogP contribution is -2.11. The molecule has 1 aromatic carbocycles. The Kier molecular flexibility index (Phi) is 4.63. The highest BCUT2D eigenvalue weighted by Crippen LogP contribution is 2.33. The van der Waals surface area contributed by atoms with E-state index in [9.17, 15) is 13.2 Å². The van der Waals surface area contributed by atoms with Gasteiger partial charge in [0.05, 0.1) is 5.56 Å². The third-order valence-corrected chi connectivity index (χ3v) is 3.24. The third-order valence-electron chi connectivity index (χ3n) is 3.24. The van der Waals surface area contributed by atoms with Gasteiger partial charge in [-0.25, -0.2) is 0 Å². The van der Waals surface area contributed by atoms with Crippen LogP contribution in [0.1, 0.15) is 23.6 Å². The SMILES string of the molecule is CCNCc1cncc(-c2ccc(C(F)(F)F)cc2C)c1. The minimum atomic E-state index is -4.31. The number of nitrogens with one attached hydrogen (secondary N) is 1. The zero-order chi connectivity index (χ0) is 15.5. The van der Waals surface area contributed by atoms with E-state index in [0.29, 0.717) is 12.1 Å². The predicted molar refractivity (Wildman–Crippen MR) is 76.8 cm³/mol. The van der Waals surface area contributed by atoms with Crippen LogP contribution in [0.15, 0.2) is 36.7 Å². The van der Waals surface area contributed by atoms with Crippen molar-refractivity contribution in [3.8, 4) is 11.1 Å². The molecule has 0 aliphatic carbocycles. The summed E-state index contributed by atoms with van der Waals surface area (Å²) in [4.78, 5) is 4.16. The van der Waals surface area contributed by atoms with Crippen LogP contribution in [0.5, 0.6) is 0 Å². The molecule has 0 aliphatic heterocycles. The van der Waals surface area contributed by atoms with E-state index in [4.69, 9.17) is 0 Å². The molecule has 0 saturated heterocycles. The number of hydrogen-bond donors (Lipinski definition) is 1. The highest BCUT2D eigenvalue weighted by atomic mass is 19.4. The van der Waals surface area contributed by atoms with Crippen LogP contribution >= 0.6 is 0 Å². The number of alkyl halides is 3. The van der Waals surface area contributed by atoms with Gasteiger partial charge in [0.15, 0.2) is 0 Å². The van der Waals surface area contributed by atoms with Gasteiger partial charge in [0.25, 0.3) is 0 Å². The van der Waals surface area contributed by atoms with Crippen LogP contribution < -0.4 is 5.32 Å². The maximum Gasteiger partial charge on any atom is 0.416 e. The van der Waals surface area contributed by atoms with Gasteiger partial charge >= 0.3 is 6.18 Å². The van der Waals surface area contributed by atoms with Gasteiger partial charge < -0.3 is 5.32 Å². The maximum atomic E-state index is 12.7. The average Bonchev–Trinajstić information content (AvgIpc) is 2.44. The van der Waals surface area contributed by atoms with Crippen molar-refractivity contribution < 1.29 is 13.2 Å². The smallest absolute Gasteiger partial charge is 0.313 e. The van der Waals surface area contributed by atoms with Crippen molar-refractivity contribution in [3.63, 3.8) is 0 Å². The number of hydrogen-bond acceptors (Lipinski definition) is 2. The number of rotatable bonds is 4. The number of nitrogens with zero attached hydrogens (tertiary/aromatic N) is 1. The van der Waals surface area contributed by atoms with Crippen LogP contribution in [0.25, 0.3) is 11.1 Å². The highest BCUT2D eigenvalue weighted by molar-refractivity contribution is 5.67. The molecule has 21 heavy (non-hydrogen) atoms. The van der Waals surface area contributed by atoms with Crippen molar-refractivity contribution in [2.45, 2.75) is 26.6 Å². The molecule has 0 spiro atoms. The summed E-state index contributed by atoms with van der Waals surface area (Å²) < 4.78 is 38.1. The van der Waals surface area contributed by atoms with Crippen molar-refractivity contribution in [1.29, 1.82) is 0 Å². The van der Waals surface area contributed by atoms with E-state index >= 15 is 0 Å². The summed E-state index contributed by atoms with van der Waals surface area (Å²) in [6, 6.07) is 5.74. The van der Waals surface area contributed by atoms with E-state index in [2.05, 4.69) is 10.3 Å². The maximum absolute atomic E-state index is 12.7. The molecule has 0 aliphatic rings. The summed E-state index contributed by atoms with van der Waals surface area (Å²) in [5, 5.41) is 3.20. The van der Waals surface area contributed by atoms with Gasteiger partial charge in [-0.3, -0.25) is 4.98 Å². The quantitative estimate of drug-likeness (QED) is 0.914. The van der Waals surface area contributed by atoms with Crippen molar-refractivity contribution in [2.24, 2.45) is 0 Å². The van der Waals surface area contributed by atoms with Crippen LogP contribution in [0.4, 0.5) is 13.2 Å². The Labute approximate surface area is 122 Å². The van der Waals surface area contributed by atoms with Crippen LogP contribution in [0, 0.1) is 6.92 Å². The van der Waals surface area contributed by atoms with E-state index < -0.39 is 11.7 Å². The monoisotopic (exact) mass is 294 g/mol. The van der Waals surface area contributed by atoms with E-state index in [-0.39, 0.29) is 0 Å². The summed E-state index contributed by atoms with van der Waals surface area (Å²) in [5.74, 6) is 0. The first-order chi connectivity index (χ1) is 9.91. The molecule has 2 aromatic rings. The number of aryl methyl sites for hydroxylation is 1. The molecule has 112 valence electrons. The number of benzene rings is 1. The van der Waals surface area contributed by atoms with Gasteiger partial charge in [0.1, 0.15) is 0 Å².